The van der Waals surface area contributed by atoms with E-state index in [1.807, 2.05) is 0 Å². The molecule has 0 bridgehead atoms. The Hall–Kier alpha value is -1.73. The molecule has 0 spiro atoms. The number of carbonyl (C=O) groups excluding carboxylic acids is 1. The van der Waals surface area contributed by atoms with Crippen LogP contribution in [0.5, 0.6) is 0 Å². The molecule has 1 saturated heterocycles. The van der Waals surface area contributed by atoms with E-state index in [1.165, 1.54) is 0 Å². The van der Waals surface area contributed by atoms with Gasteiger partial charge in [-0.1, -0.05) is 0 Å². The van der Waals surface area contributed by atoms with Crippen LogP contribution in [-0.2, 0) is 0 Å². The minimum absolute atomic E-state index is 0.123. The Kier molecular flexibility index (Phi) is 4.06. The summed E-state index contributed by atoms with van der Waals surface area (Å²) in [5.41, 5.74) is 2.68. The topological polar surface area (TPSA) is 104 Å². The molecule has 0 aromatic carbocycles. The highest BCUT2D eigenvalue weighted by molar-refractivity contribution is 5.92. The molecule has 1 fully saturated rings. The predicted octanol–water partition coefficient (Wildman–Crippen LogP) is -0.393. The number of nitrogens with zero attached hydrogens (tertiary/aromatic N) is 3. The fourth-order valence-corrected chi connectivity index (χ4v) is 2.00. The van der Waals surface area contributed by atoms with Crippen molar-refractivity contribution < 1.29 is 9.90 Å². The van der Waals surface area contributed by atoms with Crippen molar-refractivity contribution in [2.24, 2.45) is 11.8 Å². The zero-order valence-corrected chi connectivity index (χ0v) is 10.0. The SMILES string of the molecule is NNc1ccc(C(=O)N2CCC(CO)CC2)nn1. The van der Waals surface area contributed by atoms with Crippen molar-refractivity contribution in [1.29, 1.82) is 0 Å². The molecular weight excluding hydrogens is 234 g/mol. The minimum Gasteiger partial charge on any atom is -0.396 e. The number of aromatic nitrogens is 2. The zero-order valence-electron chi connectivity index (χ0n) is 10.0. The number of amides is 1. The lowest BCUT2D eigenvalue weighted by molar-refractivity contribution is 0.0644. The molecule has 0 unspecified atom stereocenters. The van der Waals surface area contributed by atoms with Gasteiger partial charge in [0, 0.05) is 19.7 Å². The summed E-state index contributed by atoms with van der Waals surface area (Å²) >= 11 is 0. The minimum atomic E-state index is -0.123. The third-order valence-electron chi connectivity index (χ3n) is 3.19. The summed E-state index contributed by atoms with van der Waals surface area (Å²) in [4.78, 5) is 13.8. The number of aliphatic hydroxyl groups excluding tert-OH is 1. The summed E-state index contributed by atoms with van der Waals surface area (Å²) in [6.45, 7) is 1.50. The first kappa shape index (κ1) is 12.7. The number of nitrogen functional groups attached to an aromatic ring is 1. The number of hydrogen-bond acceptors (Lipinski definition) is 6. The van der Waals surface area contributed by atoms with Crippen LogP contribution < -0.4 is 11.3 Å². The Labute approximate surface area is 105 Å². The normalized spacial score (nSPS) is 16.7. The Balaban J connectivity index is 1.98. The van der Waals surface area contributed by atoms with E-state index in [-0.39, 0.29) is 12.5 Å². The maximum Gasteiger partial charge on any atom is 0.274 e. The van der Waals surface area contributed by atoms with E-state index in [0.29, 0.717) is 30.5 Å². The number of nitrogens with two attached hydrogens (primary N) is 1. The quantitative estimate of drug-likeness (QED) is 0.499. The van der Waals surface area contributed by atoms with E-state index < -0.39 is 0 Å². The van der Waals surface area contributed by atoms with Gasteiger partial charge < -0.3 is 15.4 Å². The van der Waals surface area contributed by atoms with Crippen molar-refractivity contribution in [2.75, 3.05) is 25.1 Å². The van der Waals surface area contributed by atoms with Gasteiger partial charge in [0.2, 0.25) is 0 Å². The highest BCUT2D eigenvalue weighted by Crippen LogP contribution is 2.17. The van der Waals surface area contributed by atoms with Crippen LogP contribution in [0.25, 0.3) is 0 Å². The van der Waals surface area contributed by atoms with Gasteiger partial charge in [0.1, 0.15) is 0 Å². The molecule has 7 nitrogen and oxygen atoms in total. The second-order valence-corrected chi connectivity index (χ2v) is 4.37. The van der Waals surface area contributed by atoms with Gasteiger partial charge in [-0.15, -0.1) is 10.2 Å². The highest BCUT2D eigenvalue weighted by Gasteiger charge is 2.24. The molecule has 1 aromatic heterocycles. The van der Waals surface area contributed by atoms with Crippen molar-refractivity contribution in [3.63, 3.8) is 0 Å². The molecule has 0 atom stereocenters. The van der Waals surface area contributed by atoms with Crippen LogP contribution in [0.4, 0.5) is 5.82 Å². The molecule has 4 N–H and O–H groups in total. The monoisotopic (exact) mass is 251 g/mol. The average molecular weight is 251 g/mol. The zero-order chi connectivity index (χ0) is 13.0. The highest BCUT2D eigenvalue weighted by atomic mass is 16.3. The number of piperidine rings is 1. The van der Waals surface area contributed by atoms with E-state index in [4.69, 9.17) is 10.9 Å². The number of carbonyl (C=O) groups is 1. The second-order valence-electron chi connectivity index (χ2n) is 4.37. The van der Waals surface area contributed by atoms with Crippen molar-refractivity contribution >= 4 is 11.7 Å². The average Bonchev–Trinajstić information content (AvgIpc) is 2.47. The molecule has 0 aliphatic carbocycles. The standard InChI is InChI=1S/C11H17N5O2/c12-13-10-2-1-9(14-15-10)11(18)16-5-3-8(7-17)4-6-16/h1-2,8,17H,3-7,12H2,(H,13,15). The summed E-state index contributed by atoms with van der Waals surface area (Å²) in [6, 6.07) is 3.21. The summed E-state index contributed by atoms with van der Waals surface area (Å²) in [5, 5.41) is 16.6. The van der Waals surface area contributed by atoms with Gasteiger partial charge in [-0.25, -0.2) is 5.84 Å². The first-order valence-electron chi connectivity index (χ1n) is 5.95. The smallest absolute Gasteiger partial charge is 0.274 e. The molecule has 1 amide bonds. The van der Waals surface area contributed by atoms with Gasteiger partial charge in [0.15, 0.2) is 11.5 Å². The van der Waals surface area contributed by atoms with Gasteiger partial charge in [0.25, 0.3) is 5.91 Å². The molecule has 7 heteroatoms. The van der Waals surface area contributed by atoms with Gasteiger partial charge in [-0.05, 0) is 30.9 Å². The van der Waals surface area contributed by atoms with E-state index in [9.17, 15) is 4.79 Å². The Morgan fingerprint density at radius 2 is 2.17 bits per heavy atom. The lowest BCUT2D eigenvalue weighted by atomic mass is 9.98. The molecule has 0 saturated carbocycles. The number of likely N-dealkylation sites (tertiary alicyclic amines) is 1. The van der Waals surface area contributed by atoms with Crippen LogP contribution in [0.15, 0.2) is 12.1 Å². The van der Waals surface area contributed by atoms with Gasteiger partial charge in [0.05, 0.1) is 0 Å². The van der Waals surface area contributed by atoms with Crippen LogP contribution in [0, 0.1) is 5.92 Å². The fraction of sp³-hybridized carbons (Fsp3) is 0.545. The van der Waals surface area contributed by atoms with E-state index >= 15 is 0 Å². The fourth-order valence-electron chi connectivity index (χ4n) is 2.00. The van der Waals surface area contributed by atoms with Crippen LogP contribution in [0.2, 0.25) is 0 Å². The lowest BCUT2D eigenvalue weighted by Gasteiger charge is -2.30. The van der Waals surface area contributed by atoms with Crippen molar-refractivity contribution in [1.82, 2.24) is 15.1 Å². The number of rotatable bonds is 3. The van der Waals surface area contributed by atoms with Crippen molar-refractivity contribution in [3.05, 3.63) is 17.8 Å². The van der Waals surface area contributed by atoms with E-state index in [1.54, 1.807) is 17.0 Å². The number of hydrogen-bond donors (Lipinski definition) is 3. The van der Waals surface area contributed by atoms with Gasteiger partial charge >= 0.3 is 0 Å². The van der Waals surface area contributed by atoms with Crippen LogP contribution in [0.3, 0.4) is 0 Å². The maximum atomic E-state index is 12.1. The Bertz CT molecular complexity index is 400. The number of hydrazine groups is 1. The van der Waals surface area contributed by atoms with E-state index in [2.05, 4.69) is 15.6 Å². The number of nitrogens with one attached hydrogen (secondary N) is 1. The number of anilines is 1. The molecule has 98 valence electrons. The summed E-state index contributed by atoms with van der Waals surface area (Å²) in [5.74, 6) is 5.79. The summed E-state index contributed by atoms with van der Waals surface area (Å²) in [6.07, 6.45) is 1.66. The van der Waals surface area contributed by atoms with Crippen molar-refractivity contribution in [3.8, 4) is 0 Å². The molecule has 1 aliphatic heterocycles. The molecular formula is C11H17N5O2. The van der Waals surface area contributed by atoms with E-state index in [0.717, 1.165) is 12.8 Å². The molecule has 1 aliphatic rings. The Morgan fingerprint density at radius 1 is 1.44 bits per heavy atom. The molecule has 2 heterocycles. The van der Waals surface area contributed by atoms with Gasteiger partial charge in [-0.3, -0.25) is 4.79 Å². The maximum absolute atomic E-state index is 12.1. The first-order valence-corrected chi connectivity index (χ1v) is 5.95. The summed E-state index contributed by atoms with van der Waals surface area (Å²) in [7, 11) is 0. The van der Waals surface area contributed by atoms with Gasteiger partial charge in [-0.2, -0.15) is 0 Å². The lowest BCUT2D eigenvalue weighted by Crippen LogP contribution is -2.39. The molecule has 18 heavy (non-hydrogen) atoms. The van der Waals surface area contributed by atoms with Crippen LogP contribution >= 0.6 is 0 Å². The summed E-state index contributed by atoms with van der Waals surface area (Å²) < 4.78 is 0. The van der Waals surface area contributed by atoms with Crippen molar-refractivity contribution in [2.45, 2.75) is 12.8 Å². The predicted molar refractivity (Wildman–Crippen MR) is 65.6 cm³/mol. The molecule has 2 rings (SSSR count). The third kappa shape index (κ3) is 2.74. The third-order valence-corrected chi connectivity index (χ3v) is 3.19. The molecule has 1 aromatic rings. The largest absolute Gasteiger partial charge is 0.396 e. The molecule has 0 radical (unpaired) electrons. The van der Waals surface area contributed by atoms with Crippen LogP contribution in [-0.4, -0.2) is 45.8 Å². The number of aliphatic hydroxyl groups is 1. The second kappa shape index (κ2) is 5.74. The Morgan fingerprint density at radius 3 is 2.67 bits per heavy atom. The first-order chi connectivity index (χ1) is 8.74. The van der Waals surface area contributed by atoms with Crippen LogP contribution in [0.1, 0.15) is 23.3 Å².